The van der Waals surface area contributed by atoms with Gasteiger partial charge in [-0.25, -0.2) is 0 Å². The summed E-state index contributed by atoms with van der Waals surface area (Å²) in [6.07, 6.45) is 0. The molecule has 0 aromatic heterocycles. The van der Waals surface area contributed by atoms with E-state index in [9.17, 15) is 0 Å². The van der Waals surface area contributed by atoms with Crippen LogP contribution in [0.3, 0.4) is 0 Å². The van der Waals surface area contributed by atoms with Crippen molar-refractivity contribution in [2.75, 3.05) is 0 Å². The van der Waals surface area contributed by atoms with Gasteiger partial charge in [-0.1, -0.05) is 46.4 Å². The molecule has 1 aliphatic heterocycles. The van der Waals surface area contributed by atoms with E-state index < -0.39 is 0 Å². The van der Waals surface area contributed by atoms with E-state index in [0.29, 0.717) is 43.1 Å². The van der Waals surface area contributed by atoms with Crippen LogP contribution in [0.25, 0.3) is 0 Å². The lowest BCUT2D eigenvalue weighted by atomic mass is 10.2. The molecule has 0 fully saturated rings. The Kier molecular flexibility index (Phi) is 2.99. The molecule has 0 aliphatic carbocycles. The summed E-state index contributed by atoms with van der Waals surface area (Å²) in [6, 6.07) is 6.35. The molecule has 0 amide bonds. The zero-order chi connectivity index (χ0) is 12.9. The number of fused-ring (bicyclic) bond motifs is 2. The minimum Gasteiger partial charge on any atom is -0.449 e. The first kappa shape index (κ1) is 12.2. The average Bonchev–Trinajstić information content (AvgIpc) is 2.31. The number of benzene rings is 2. The second kappa shape index (κ2) is 4.39. The zero-order valence-corrected chi connectivity index (χ0v) is 11.7. The van der Waals surface area contributed by atoms with E-state index >= 15 is 0 Å². The summed E-state index contributed by atoms with van der Waals surface area (Å²) in [5.41, 5.74) is 0. The second-order valence-electron chi connectivity index (χ2n) is 3.63. The molecule has 0 bridgehead atoms. The summed E-state index contributed by atoms with van der Waals surface area (Å²) in [4.78, 5) is 0. The summed E-state index contributed by atoms with van der Waals surface area (Å²) in [5.74, 6) is 1.93. The first-order valence-corrected chi connectivity index (χ1v) is 6.39. The van der Waals surface area contributed by atoms with Gasteiger partial charge in [0, 0.05) is 24.3 Å². The molecule has 1 aliphatic rings. The van der Waals surface area contributed by atoms with E-state index in [1.165, 1.54) is 0 Å². The predicted molar refractivity (Wildman–Crippen MR) is 73.1 cm³/mol. The van der Waals surface area contributed by atoms with E-state index in [1.807, 2.05) is 0 Å². The van der Waals surface area contributed by atoms with Gasteiger partial charge in [-0.05, 0) is 0 Å². The lowest BCUT2D eigenvalue weighted by Crippen LogP contribution is -1.99. The van der Waals surface area contributed by atoms with Crippen LogP contribution in [0.4, 0.5) is 0 Å². The minimum atomic E-state index is 0.391. The summed E-state index contributed by atoms with van der Waals surface area (Å²) in [6.45, 7) is 0. The lowest BCUT2D eigenvalue weighted by Gasteiger charge is -2.21. The third-order valence-electron chi connectivity index (χ3n) is 2.41. The molecule has 3 rings (SSSR count). The van der Waals surface area contributed by atoms with Crippen molar-refractivity contribution in [2.24, 2.45) is 0 Å². The van der Waals surface area contributed by atoms with E-state index in [2.05, 4.69) is 0 Å². The fraction of sp³-hybridized carbons (Fsp3) is 0. The van der Waals surface area contributed by atoms with Crippen LogP contribution in [0.5, 0.6) is 23.0 Å². The van der Waals surface area contributed by atoms with E-state index in [4.69, 9.17) is 55.9 Å². The van der Waals surface area contributed by atoms with Gasteiger partial charge in [0.2, 0.25) is 0 Å². The minimum absolute atomic E-state index is 0.391. The molecule has 2 aromatic carbocycles. The van der Waals surface area contributed by atoms with Gasteiger partial charge in [0.15, 0.2) is 23.0 Å². The fourth-order valence-electron chi connectivity index (χ4n) is 1.58. The Morgan fingerprint density at radius 1 is 0.500 bits per heavy atom. The van der Waals surface area contributed by atoms with Crippen molar-refractivity contribution in [2.45, 2.75) is 0 Å². The molecule has 0 spiro atoms. The maximum atomic E-state index is 5.91. The van der Waals surface area contributed by atoms with Crippen molar-refractivity contribution >= 4 is 46.4 Å². The van der Waals surface area contributed by atoms with Gasteiger partial charge in [0.25, 0.3) is 0 Å². The lowest BCUT2D eigenvalue weighted by molar-refractivity contribution is 0.359. The number of halogens is 4. The third-order valence-corrected chi connectivity index (χ3v) is 3.86. The van der Waals surface area contributed by atoms with Crippen molar-refractivity contribution in [3.05, 3.63) is 44.4 Å². The van der Waals surface area contributed by atoms with Gasteiger partial charge in [0.05, 0.1) is 20.1 Å². The molecule has 0 saturated heterocycles. The van der Waals surface area contributed by atoms with Gasteiger partial charge in [-0.3, -0.25) is 0 Å². The highest BCUT2D eigenvalue weighted by atomic mass is 37.0. The highest BCUT2D eigenvalue weighted by Crippen LogP contribution is 2.49. The van der Waals surface area contributed by atoms with Gasteiger partial charge in [0.1, 0.15) is 0 Å². The van der Waals surface area contributed by atoms with E-state index in [0.717, 1.165) is 0 Å². The van der Waals surface area contributed by atoms with Crippen LogP contribution in [0, 0.1) is 0 Å². The average molecular weight is 328 g/mol. The molecular formula is C12H4Cl4O2. The Labute approximate surface area is 123 Å². The molecule has 2 aromatic rings. The number of ether oxygens (including phenoxy) is 2. The zero-order valence-electron chi connectivity index (χ0n) is 8.64. The maximum Gasteiger partial charge on any atom is 0.171 e. The van der Waals surface area contributed by atoms with Crippen molar-refractivity contribution in [1.29, 1.82) is 0 Å². The molecule has 0 radical (unpaired) electrons. The summed E-state index contributed by atoms with van der Waals surface area (Å²) in [7, 11) is 0. The van der Waals surface area contributed by atoms with Crippen LogP contribution in [-0.4, -0.2) is 0 Å². The monoisotopic (exact) mass is 328 g/mol. The largest absolute Gasteiger partial charge is 0.449 e. The first-order valence-electron chi connectivity index (χ1n) is 4.88. The van der Waals surface area contributed by atoms with Gasteiger partial charge in [-0.15, -0.1) is 0 Å². The SMILES string of the molecule is [37Cl]c1cc2c(cc1[37Cl])Oc1cc([37Cl])c([37Cl])cc1O2. The van der Waals surface area contributed by atoms with E-state index in [1.54, 1.807) is 24.3 Å². The van der Waals surface area contributed by atoms with Gasteiger partial charge >= 0.3 is 0 Å². The van der Waals surface area contributed by atoms with Crippen molar-refractivity contribution in [1.82, 2.24) is 0 Å². The van der Waals surface area contributed by atoms with Crippen molar-refractivity contribution < 1.29 is 9.47 Å². The standard InChI is InChI=1S/C12H4Cl4O2/c13-5-1-9-10(2-6(5)14)18-12-4-8(16)7(15)3-11(12)17-9/h1-4H/i13+2,14+2,15+2,16+2. The van der Waals surface area contributed by atoms with Crippen LogP contribution in [-0.2, 0) is 0 Å². The molecule has 6 heteroatoms. The second-order valence-corrected chi connectivity index (χ2v) is 5.26. The quantitative estimate of drug-likeness (QED) is 0.489. The molecule has 92 valence electrons. The summed E-state index contributed by atoms with van der Waals surface area (Å²) in [5, 5.41) is 1.56. The number of rotatable bonds is 0. The third kappa shape index (κ3) is 1.99. The molecule has 2 nitrogen and oxygen atoms in total. The molecular weight excluding hydrogens is 324 g/mol. The van der Waals surface area contributed by atoms with Crippen LogP contribution in [0.15, 0.2) is 24.3 Å². The number of hydrogen-bond donors (Lipinski definition) is 0. The van der Waals surface area contributed by atoms with Crippen LogP contribution in [0.1, 0.15) is 0 Å². The van der Waals surface area contributed by atoms with Crippen LogP contribution >= 0.6 is 46.4 Å². The smallest absolute Gasteiger partial charge is 0.171 e. The van der Waals surface area contributed by atoms with Gasteiger partial charge < -0.3 is 9.47 Å². The molecule has 18 heavy (non-hydrogen) atoms. The Balaban J connectivity index is 2.12. The maximum absolute atomic E-state index is 5.91. The molecule has 0 atom stereocenters. The normalized spacial score (nSPS) is 12.2. The Hall–Kier alpha value is -0.800. The fourth-order valence-corrected chi connectivity index (χ4v) is 2.19. The van der Waals surface area contributed by atoms with Crippen LogP contribution in [0.2, 0.25) is 20.1 Å². The highest BCUT2D eigenvalue weighted by Gasteiger charge is 2.21. The number of hydrogen-bond acceptors (Lipinski definition) is 2. The molecule has 0 saturated carbocycles. The van der Waals surface area contributed by atoms with Crippen molar-refractivity contribution in [3.8, 4) is 23.0 Å². The Morgan fingerprint density at radius 3 is 0.944 bits per heavy atom. The van der Waals surface area contributed by atoms with Crippen molar-refractivity contribution in [3.63, 3.8) is 0 Å². The van der Waals surface area contributed by atoms with E-state index in [-0.39, 0.29) is 0 Å². The molecule has 0 N–H and O–H groups in total. The van der Waals surface area contributed by atoms with Crippen LogP contribution < -0.4 is 9.47 Å². The summed E-state index contributed by atoms with van der Waals surface area (Å²) < 4.78 is 11.3. The Morgan fingerprint density at radius 2 is 0.722 bits per heavy atom. The molecule has 0 unspecified atom stereocenters. The Bertz CT molecular complexity index is 544. The predicted octanol–water partition coefficient (Wildman–Crippen LogP) is 6.20. The topological polar surface area (TPSA) is 18.5 Å². The molecule has 1 heterocycles. The summed E-state index contributed by atoms with van der Waals surface area (Å²) >= 11 is 23.7. The highest BCUT2D eigenvalue weighted by molar-refractivity contribution is 6.42. The first-order chi connectivity index (χ1) is 8.54. The van der Waals surface area contributed by atoms with Gasteiger partial charge in [-0.2, -0.15) is 0 Å².